The Morgan fingerprint density at radius 1 is 1.21 bits per heavy atom. The van der Waals surface area contributed by atoms with E-state index in [-0.39, 0.29) is 11.3 Å². The Hall–Kier alpha value is -1.58. The van der Waals surface area contributed by atoms with Crippen molar-refractivity contribution >= 4 is 5.97 Å². The summed E-state index contributed by atoms with van der Waals surface area (Å²) in [5.41, 5.74) is -0.119. The summed E-state index contributed by atoms with van der Waals surface area (Å²) in [6.45, 7) is 2.52. The highest BCUT2D eigenvalue weighted by atomic mass is 19.1. The molecule has 1 aromatic rings. The molecule has 1 rings (SSSR count). The van der Waals surface area contributed by atoms with Crippen molar-refractivity contribution in [1.82, 2.24) is 0 Å². The maximum Gasteiger partial charge on any atom is 0.339 e. The van der Waals surface area contributed by atoms with Gasteiger partial charge in [0.25, 0.3) is 0 Å². The fourth-order valence-electron chi connectivity index (χ4n) is 1.88. The normalized spacial score (nSPS) is 10.4. The molecule has 106 valence electrons. The van der Waals surface area contributed by atoms with Crippen LogP contribution in [0.2, 0.25) is 0 Å². The molecule has 0 saturated heterocycles. The quantitative estimate of drug-likeness (QED) is 0.680. The minimum atomic E-state index is -1.17. The van der Waals surface area contributed by atoms with Crippen LogP contribution < -0.4 is 4.74 Å². The molecule has 0 unspecified atom stereocenters. The summed E-state index contributed by atoms with van der Waals surface area (Å²) in [4.78, 5) is 10.9. The molecule has 0 heterocycles. The van der Waals surface area contributed by atoms with Crippen molar-refractivity contribution in [3.05, 3.63) is 29.6 Å². The van der Waals surface area contributed by atoms with Gasteiger partial charge >= 0.3 is 5.97 Å². The van der Waals surface area contributed by atoms with Gasteiger partial charge in [0.1, 0.15) is 5.56 Å². The van der Waals surface area contributed by atoms with Crippen LogP contribution in [-0.2, 0) is 0 Å². The molecule has 4 heteroatoms. The molecule has 0 fully saturated rings. The first-order valence-corrected chi connectivity index (χ1v) is 6.81. The summed E-state index contributed by atoms with van der Waals surface area (Å²) >= 11 is 0. The largest absolute Gasteiger partial charge is 0.490 e. The first-order chi connectivity index (χ1) is 9.16. The number of carbonyl (C=O) groups is 1. The van der Waals surface area contributed by atoms with E-state index in [1.54, 1.807) is 0 Å². The van der Waals surface area contributed by atoms with E-state index in [1.807, 2.05) is 0 Å². The number of aromatic carboxylic acids is 1. The molecule has 0 saturated carbocycles. The summed E-state index contributed by atoms with van der Waals surface area (Å²) in [6, 6.07) is 3.93. The van der Waals surface area contributed by atoms with Gasteiger partial charge in [-0.15, -0.1) is 0 Å². The zero-order valence-electron chi connectivity index (χ0n) is 11.3. The van der Waals surface area contributed by atoms with Crippen LogP contribution in [0.3, 0.4) is 0 Å². The first-order valence-electron chi connectivity index (χ1n) is 6.81. The number of para-hydroxylation sites is 1. The summed E-state index contributed by atoms with van der Waals surface area (Å²) in [5, 5.41) is 8.94. The predicted molar refractivity (Wildman–Crippen MR) is 72.2 cm³/mol. The molecule has 0 spiro atoms. The van der Waals surface area contributed by atoms with Gasteiger partial charge in [0.15, 0.2) is 11.6 Å². The second kappa shape index (κ2) is 8.51. The van der Waals surface area contributed by atoms with E-state index >= 15 is 0 Å². The number of rotatable bonds is 9. The molecule has 0 bridgehead atoms. The minimum Gasteiger partial charge on any atom is -0.490 e. The average Bonchev–Trinajstić information content (AvgIpc) is 2.39. The Labute approximate surface area is 113 Å². The lowest BCUT2D eigenvalue weighted by Crippen LogP contribution is -2.06. The number of unbranched alkanes of at least 4 members (excludes halogenated alkanes) is 5. The van der Waals surface area contributed by atoms with Gasteiger partial charge < -0.3 is 9.84 Å². The molecule has 0 aliphatic carbocycles. The molecule has 0 amide bonds. The van der Waals surface area contributed by atoms with Crippen molar-refractivity contribution in [3.63, 3.8) is 0 Å². The van der Waals surface area contributed by atoms with Crippen LogP contribution in [0.1, 0.15) is 55.8 Å². The van der Waals surface area contributed by atoms with Crippen molar-refractivity contribution in [1.29, 1.82) is 0 Å². The summed E-state index contributed by atoms with van der Waals surface area (Å²) < 4.78 is 18.8. The van der Waals surface area contributed by atoms with E-state index < -0.39 is 11.8 Å². The van der Waals surface area contributed by atoms with Crippen molar-refractivity contribution in [2.45, 2.75) is 45.4 Å². The highest BCUT2D eigenvalue weighted by molar-refractivity contribution is 5.90. The lowest BCUT2D eigenvalue weighted by Gasteiger charge is -2.09. The third-order valence-electron chi connectivity index (χ3n) is 2.94. The summed E-state index contributed by atoms with van der Waals surface area (Å²) in [7, 11) is 0. The zero-order valence-corrected chi connectivity index (χ0v) is 11.3. The third kappa shape index (κ3) is 5.28. The number of benzene rings is 1. The SMILES string of the molecule is CCCCCCCCOc1c(F)cccc1C(=O)O. The molecule has 1 N–H and O–H groups in total. The molecular formula is C15H21FO3. The van der Waals surface area contributed by atoms with Gasteiger partial charge in [-0.2, -0.15) is 0 Å². The van der Waals surface area contributed by atoms with Gasteiger partial charge in [-0.1, -0.05) is 45.1 Å². The molecule has 0 aliphatic rings. The van der Waals surface area contributed by atoms with Crippen molar-refractivity contribution in [2.24, 2.45) is 0 Å². The zero-order chi connectivity index (χ0) is 14.1. The van der Waals surface area contributed by atoms with Gasteiger partial charge in [-0.25, -0.2) is 9.18 Å². The van der Waals surface area contributed by atoms with Crippen LogP contribution >= 0.6 is 0 Å². The Kier molecular flexibility index (Phi) is 6.93. The maximum atomic E-state index is 13.5. The van der Waals surface area contributed by atoms with E-state index in [9.17, 15) is 9.18 Å². The lowest BCUT2D eigenvalue weighted by molar-refractivity contribution is 0.0691. The van der Waals surface area contributed by atoms with E-state index in [4.69, 9.17) is 9.84 Å². The Morgan fingerprint density at radius 2 is 1.89 bits per heavy atom. The Morgan fingerprint density at radius 3 is 2.58 bits per heavy atom. The predicted octanol–water partition coefficient (Wildman–Crippen LogP) is 4.26. The van der Waals surface area contributed by atoms with E-state index in [0.717, 1.165) is 19.3 Å². The second-order valence-electron chi connectivity index (χ2n) is 4.54. The second-order valence-corrected chi connectivity index (χ2v) is 4.54. The van der Waals surface area contributed by atoms with Crippen molar-refractivity contribution in [2.75, 3.05) is 6.61 Å². The molecule has 0 atom stereocenters. The Balaban J connectivity index is 2.38. The lowest BCUT2D eigenvalue weighted by atomic mass is 10.1. The fourth-order valence-corrected chi connectivity index (χ4v) is 1.88. The highest BCUT2D eigenvalue weighted by Gasteiger charge is 2.15. The van der Waals surface area contributed by atoms with Crippen LogP contribution in [0.15, 0.2) is 18.2 Å². The van der Waals surface area contributed by atoms with Crippen LogP contribution in [0.25, 0.3) is 0 Å². The number of carboxylic acid groups (broad SMARTS) is 1. The first kappa shape index (κ1) is 15.5. The summed E-state index contributed by atoms with van der Waals surface area (Å²) in [6.07, 6.45) is 6.62. The number of ether oxygens (including phenoxy) is 1. The molecule has 0 radical (unpaired) electrons. The van der Waals surface area contributed by atoms with Crippen LogP contribution in [0.4, 0.5) is 4.39 Å². The van der Waals surface area contributed by atoms with E-state index in [2.05, 4.69) is 6.92 Å². The molecule has 0 aromatic heterocycles. The van der Waals surface area contributed by atoms with Crippen LogP contribution in [0.5, 0.6) is 5.75 Å². The van der Waals surface area contributed by atoms with E-state index in [1.165, 1.54) is 37.5 Å². The number of halogens is 1. The smallest absolute Gasteiger partial charge is 0.339 e. The third-order valence-corrected chi connectivity index (χ3v) is 2.94. The standard InChI is InChI=1S/C15H21FO3/c1-2-3-4-5-6-7-11-19-14-12(15(17)18)9-8-10-13(14)16/h8-10H,2-7,11H2,1H3,(H,17,18). The van der Waals surface area contributed by atoms with Crippen molar-refractivity contribution < 1.29 is 19.0 Å². The maximum absolute atomic E-state index is 13.5. The van der Waals surface area contributed by atoms with Crippen LogP contribution in [0, 0.1) is 5.82 Å². The fraction of sp³-hybridized carbons (Fsp3) is 0.533. The van der Waals surface area contributed by atoms with Gasteiger partial charge in [0.2, 0.25) is 0 Å². The average molecular weight is 268 g/mol. The monoisotopic (exact) mass is 268 g/mol. The van der Waals surface area contributed by atoms with Gasteiger partial charge in [0.05, 0.1) is 6.61 Å². The van der Waals surface area contributed by atoms with Gasteiger partial charge in [-0.05, 0) is 18.6 Å². The molecular weight excluding hydrogens is 247 g/mol. The van der Waals surface area contributed by atoms with Gasteiger partial charge in [-0.3, -0.25) is 0 Å². The topological polar surface area (TPSA) is 46.5 Å². The molecule has 1 aromatic carbocycles. The number of hydrogen-bond donors (Lipinski definition) is 1. The minimum absolute atomic E-state index is 0.119. The van der Waals surface area contributed by atoms with Crippen LogP contribution in [-0.4, -0.2) is 17.7 Å². The number of hydrogen-bond acceptors (Lipinski definition) is 2. The summed E-state index contributed by atoms with van der Waals surface area (Å²) in [5.74, 6) is -1.94. The Bertz CT molecular complexity index is 404. The molecule has 3 nitrogen and oxygen atoms in total. The molecule has 19 heavy (non-hydrogen) atoms. The van der Waals surface area contributed by atoms with Gasteiger partial charge in [0, 0.05) is 0 Å². The molecule has 0 aliphatic heterocycles. The van der Waals surface area contributed by atoms with Crippen molar-refractivity contribution in [3.8, 4) is 5.75 Å². The number of carboxylic acids is 1. The highest BCUT2D eigenvalue weighted by Crippen LogP contribution is 2.23. The van der Waals surface area contributed by atoms with E-state index in [0.29, 0.717) is 6.61 Å².